The number of halogens is 4. The second-order valence-corrected chi connectivity index (χ2v) is 12.0. The molecule has 0 radical (unpaired) electrons. The molecule has 1 aliphatic heterocycles. The number of hydrogen-bond donors (Lipinski definition) is 1. The van der Waals surface area contributed by atoms with Gasteiger partial charge in [0.1, 0.15) is 5.15 Å². The molecule has 2 heterocycles. The van der Waals surface area contributed by atoms with E-state index in [0.717, 1.165) is 46.5 Å². The van der Waals surface area contributed by atoms with E-state index in [2.05, 4.69) is 116 Å². The Hall–Kier alpha value is -1.35. The highest BCUT2D eigenvalue weighted by molar-refractivity contribution is 9.10. The summed E-state index contributed by atoms with van der Waals surface area (Å²) in [6.07, 6.45) is 2.24. The second kappa shape index (κ2) is 13.6. The maximum Gasteiger partial charge on any atom is 0.194 e. The van der Waals surface area contributed by atoms with Crippen molar-refractivity contribution in [3.8, 4) is 0 Å². The lowest BCUT2D eigenvalue weighted by Gasteiger charge is -2.26. The van der Waals surface area contributed by atoms with Crippen molar-refractivity contribution in [2.24, 2.45) is 18.0 Å². The zero-order chi connectivity index (χ0) is 25.8. The quantitative estimate of drug-likeness (QED) is 0.199. The lowest BCUT2D eigenvalue weighted by molar-refractivity contribution is 0.450. The van der Waals surface area contributed by atoms with Gasteiger partial charge in [0.2, 0.25) is 0 Å². The first-order valence-corrected chi connectivity index (χ1v) is 14.4. The lowest BCUT2D eigenvalue weighted by Crippen LogP contribution is -2.41. The number of guanidine groups is 1. The highest BCUT2D eigenvalue weighted by Gasteiger charge is 2.26. The number of aryl methyl sites for hydroxylation is 1. The number of rotatable bonds is 7. The van der Waals surface area contributed by atoms with Crippen LogP contribution in [-0.2, 0) is 20.0 Å². The molecule has 0 amide bonds. The van der Waals surface area contributed by atoms with Crippen LogP contribution in [0.3, 0.4) is 0 Å². The van der Waals surface area contributed by atoms with E-state index in [1.807, 2.05) is 7.05 Å². The number of nitrogens with one attached hydrogen (secondary N) is 1. The molecule has 2 aromatic carbocycles. The lowest BCUT2D eigenvalue weighted by atomic mass is 9.96. The van der Waals surface area contributed by atoms with Crippen molar-refractivity contribution in [1.29, 1.82) is 0 Å². The summed E-state index contributed by atoms with van der Waals surface area (Å²) >= 11 is 13.4. The fourth-order valence-corrected chi connectivity index (χ4v) is 5.48. The molecule has 37 heavy (non-hydrogen) atoms. The van der Waals surface area contributed by atoms with Gasteiger partial charge in [-0.2, -0.15) is 5.10 Å². The van der Waals surface area contributed by atoms with Crippen LogP contribution in [0, 0.1) is 5.92 Å². The normalized spacial score (nSPS) is 16.7. The Morgan fingerprint density at radius 2 is 1.73 bits per heavy atom. The van der Waals surface area contributed by atoms with Crippen LogP contribution >= 0.6 is 60.4 Å². The number of likely N-dealkylation sites (tertiary alicyclic amines) is 1. The molecule has 0 aliphatic carbocycles. The third kappa shape index (κ3) is 7.84. The topological polar surface area (TPSA) is 45.5 Å². The number of hydrogen-bond acceptors (Lipinski definition) is 2. The van der Waals surface area contributed by atoms with E-state index < -0.39 is 0 Å². The fourth-order valence-electron chi connectivity index (χ4n) is 4.61. The third-order valence-electron chi connectivity index (χ3n) is 6.84. The summed E-state index contributed by atoms with van der Waals surface area (Å²) in [6.45, 7) is 9.08. The van der Waals surface area contributed by atoms with E-state index in [1.165, 1.54) is 16.7 Å². The van der Waals surface area contributed by atoms with Crippen LogP contribution in [0.4, 0.5) is 0 Å². The highest BCUT2D eigenvalue weighted by Crippen LogP contribution is 2.27. The molecular formula is C28H35Br3ClN5. The standard InChI is InChI=1S/C28H34Br2ClN5.BrH/c1-18(2)22-7-5-20(6-8-22)15-21-13-14-36(17-21)28(32-16-25-26(30)27(31)35(4)34-25)33-19(3)23-9-11-24(29)12-10-23;/h5-12,18-19,21H,13-17H2,1-4H3,(H,32,33);1H. The minimum absolute atomic E-state index is 0. The maximum atomic E-state index is 6.32. The van der Waals surface area contributed by atoms with Crippen LogP contribution < -0.4 is 5.32 Å². The predicted molar refractivity (Wildman–Crippen MR) is 167 cm³/mol. The Morgan fingerprint density at radius 1 is 1.08 bits per heavy atom. The smallest absolute Gasteiger partial charge is 0.194 e. The van der Waals surface area contributed by atoms with Crippen molar-refractivity contribution in [2.45, 2.75) is 52.1 Å². The van der Waals surface area contributed by atoms with Crippen LogP contribution in [0.15, 0.2) is 62.5 Å². The van der Waals surface area contributed by atoms with Crippen molar-refractivity contribution >= 4 is 66.4 Å². The molecule has 3 aromatic rings. The molecule has 0 spiro atoms. The largest absolute Gasteiger partial charge is 0.350 e. The first-order valence-electron chi connectivity index (χ1n) is 12.5. The van der Waals surface area contributed by atoms with E-state index in [-0.39, 0.29) is 23.0 Å². The van der Waals surface area contributed by atoms with Gasteiger partial charge in [-0.3, -0.25) is 4.68 Å². The minimum Gasteiger partial charge on any atom is -0.350 e. The summed E-state index contributed by atoms with van der Waals surface area (Å²) in [4.78, 5) is 7.39. The molecule has 9 heteroatoms. The molecule has 0 saturated carbocycles. The Morgan fingerprint density at radius 3 is 2.32 bits per heavy atom. The molecule has 1 saturated heterocycles. The summed E-state index contributed by atoms with van der Waals surface area (Å²) < 4.78 is 3.55. The second-order valence-electron chi connectivity index (χ2n) is 9.93. The first-order chi connectivity index (χ1) is 17.2. The van der Waals surface area contributed by atoms with Gasteiger partial charge in [0, 0.05) is 24.6 Å². The molecule has 4 rings (SSSR count). The van der Waals surface area contributed by atoms with Gasteiger partial charge in [-0.25, -0.2) is 4.99 Å². The van der Waals surface area contributed by atoms with Crippen molar-refractivity contribution < 1.29 is 0 Å². The zero-order valence-electron chi connectivity index (χ0n) is 21.7. The summed E-state index contributed by atoms with van der Waals surface area (Å²) in [7, 11) is 1.84. The van der Waals surface area contributed by atoms with Crippen LogP contribution in [-0.4, -0.2) is 33.7 Å². The molecule has 0 bridgehead atoms. The Kier molecular flexibility index (Phi) is 11.1. The van der Waals surface area contributed by atoms with Crippen LogP contribution in [0.2, 0.25) is 5.15 Å². The summed E-state index contributed by atoms with van der Waals surface area (Å²) in [5.74, 6) is 2.07. The molecule has 2 atom stereocenters. The molecular weight excluding hydrogens is 682 g/mol. The van der Waals surface area contributed by atoms with Crippen LogP contribution in [0.25, 0.3) is 0 Å². The van der Waals surface area contributed by atoms with E-state index in [1.54, 1.807) is 4.68 Å². The van der Waals surface area contributed by atoms with Crippen molar-refractivity contribution in [2.75, 3.05) is 13.1 Å². The number of nitrogens with zero attached hydrogens (tertiary/aromatic N) is 4. The Balaban J connectivity index is 0.00000380. The number of benzene rings is 2. The van der Waals surface area contributed by atoms with E-state index in [4.69, 9.17) is 16.6 Å². The van der Waals surface area contributed by atoms with Gasteiger partial charge < -0.3 is 10.2 Å². The first kappa shape index (κ1) is 30.2. The maximum absolute atomic E-state index is 6.32. The summed E-state index contributed by atoms with van der Waals surface area (Å²) in [6, 6.07) is 17.7. The summed E-state index contributed by atoms with van der Waals surface area (Å²) in [5, 5.41) is 8.80. The number of aliphatic imine (C=N–C) groups is 1. The van der Waals surface area contributed by atoms with Crippen molar-refractivity contribution in [3.63, 3.8) is 0 Å². The molecule has 5 nitrogen and oxygen atoms in total. The average molecular weight is 717 g/mol. The molecule has 200 valence electrons. The van der Waals surface area contributed by atoms with Gasteiger partial charge >= 0.3 is 0 Å². The van der Waals surface area contributed by atoms with Crippen LogP contribution in [0.1, 0.15) is 61.5 Å². The van der Waals surface area contributed by atoms with Crippen molar-refractivity contribution in [3.05, 3.63) is 85.0 Å². The van der Waals surface area contributed by atoms with E-state index in [0.29, 0.717) is 23.5 Å². The van der Waals surface area contributed by atoms with Gasteiger partial charge in [0.15, 0.2) is 5.96 Å². The zero-order valence-corrected chi connectivity index (χ0v) is 27.4. The predicted octanol–water partition coefficient (Wildman–Crippen LogP) is 8.07. The SMILES string of the molecule is Br.CC(C)c1ccc(CC2CCN(C(=NCc3nn(C)c(Cl)c3Br)NC(C)c3ccc(Br)cc3)C2)cc1. The van der Waals surface area contributed by atoms with Gasteiger partial charge in [0.25, 0.3) is 0 Å². The van der Waals surface area contributed by atoms with E-state index in [9.17, 15) is 0 Å². The Labute approximate surface area is 253 Å². The average Bonchev–Trinajstić information content (AvgIpc) is 3.42. The van der Waals surface area contributed by atoms with Gasteiger partial charge in [-0.15, -0.1) is 17.0 Å². The van der Waals surface area contributed by atoms with Crippen LogP contribution in [0.5, 0.6) is 0 Å². The molecule has 2 unspecified atom stereocenters. The van der Waals surface area contributed by atoms with Gasteiger partial charge in [-0.05, 0) is 76.4 Å². The monoisotopic (exact) mass is 713 g/mol. The van der Waals surface area contributed by atoms with Gasteiger partial charge in [0.05, 0.1) is 22.8 Å². The third-order valence-corrected chi connectivity index (χ3v) is 8.86. The molecule has 1 aromatic heterocycles. The molecule has 1 aliphatic rings. The fraction of sp³-hybridized carbons (Fsp3) is 0.429. The number of aromatic nitrogens is 2. The summed E-state index contributed by atoms with van der Waals surface area (Å²) in [5.41, 5.74) is 4.86. The molecule has 1 fully saturated rings. The minimum atomic E-state index is 0. The van der Waals surface area contributed by atoms with E-state index >= 15 is 0 Å². The van der Waals surface area contributed by atoms with Crippen molar-refractivity contribution in [1.82, 2.24) is 20.0 Å². The van der Waals surface area contributed by atoms with Gasteiger partial charge in [-0.1, -0.05) is 77.8 Å². The highest BCUT2D eigenvalue weighted by atomic mass is 79.9. The molecule has 1 N–H and O–H groups in total. The Bertz CT molecular complexity index is 1190.